The van der Waals surface area contributed by atoms with Crippen LogP contribution in [0.1, 0.15) is 41.8 Å². The molecule has 6 nitrogen and oxygen atoms in total. The summed E-state index contributed by atoms with van der Waals surface area (Å²) in [5.74, 6) is 0.544. The number of halogens is 1. The fourth-order valence-electron chi connectivity index (χ4n) is 4.96. The van der Waals surface area contributed by atoms with Crippen molar-refractivity contribution < 1.29 is 14.0 Å². The smallest absolute Gasteiger partial charge is 0.287 e. The Bertz CT molecular complexity index is 1410. The number of likely N-dealkylation sites (tertiary alicyclic amines) is 1. The predicted octanol–water partition coefficient (Wildman–Crippen LogP) is 6.32. The Morgan fingerprint density at radius 1 is 0.973 bits per heavy atom. The van der Waals surface area contributed by atoms with Gasteiger partial charge in [0.25, 0.3) is 5.91 Å². The summed E-state index contributed by atoms with van der Waals surface area (Å²) in [4.78, 5) is 26.5. The highest BCUT2D eigenvalue weighted by molar-refractivity contribution is 6.30. The Hall–Kier alpha value is -3.61. The number of carbonyl (C=O) groups is 2. The Kier molecular flexibility index (Phi) is 7.58. The fraction of sp³-hybridized carbons (Fsp3) is 0.267. The van der Waals surface area contributed by atoms with Gasteiger partial charge in [-0.1, -0.05) is 41.9 Å². The zero-order valence-corrected chi connectivity index (χ0v) is 21.6. The molecule has 1 aliphatic rings. The van der Waals surface area contributed by atoms with Crippen molar-refractivity contribution in [2.24, 2.45) is 0 Å². The van der Waals surface area contributed by atoms with Crippen LogP contribution in [0.25, 0.3) is 22.1 Å². The van der Waals surface area contributed by atoms with E-state index >= 15 is 0 Å². The van der Waals surface area contributed by atoms with Crippen LogP contribution in [0.4, 0.5) is 5.69 Å². The lowest BCUT2D eigenvalue weighted by atomic mass is 9.89. The molecular formula is C30H30ClN3O3. The number of nitrogens with one attached hydrogen (secondary N) is 2. The van der Waals surface area contributed by atoms with Gasteiger partial charge in [-0.25, -0.2) is 0 Å². The number of amides is 2. The topological polar surface area (TPSA) is 74.6 Å². The van der Waals surface area contributed by atoms with E-state index in [1.54, 1.807) is 6.07 Å². The third kappa shape index (κ3) is 6.21. The second-order valence-corrected chi connectivity index (χ2v) is 9.99. The summed E-state index contributed by atoms with van der Waals surface area (Å²) in [5, 5.41) is 7.45. The first-order chi connectivity index (χ1) is 17.9. The second kappa shape index (κ2) is 11.2. The Morgan fingerprint density at radius 3 is 2.49 bits per heavy atom. The van der Waals surface area contributed by atoms with Crippen LogP contribution in [-0.4, -0.2) is 42.9 Å². The van der Waals surface area contributed by atoms with Crippen LogP contribution in [-0.2, 0) is 4.79 Å². The van der Waals surface area contributed by atoms with E-state index in [1.165, 1.54) is 12.5 Å². The van der Waals surface area contributed by atoms with E-state index in [1.807, 2.05) is 54.6 Å². The van der Waals surface area contributed by atoms with Crippen molar-refractivity contribution in [1.82, 2.24) is 10.2 Å². The van der Waals surface area contributed by atoms with Crippen molar-refractivity contribution in [3.63, 3.8) is 0 Å². The molecule has 0 bridgehead atoms. The van der Waals surface area contributed by atoms with Gasteiger partial charge in [-0.05, 0) is 91.0 Å². The van der Waals surface area contributed by atoms with Crippen LogP contribution >= 0.6 is 11.6 Å². The van der Waals surface area contributed by atoms with Crippen molar-refractivity contribution >= 4 is 40.1 Å². The zero-order valence-electron chi connectivity index (χ0n) is 20.8. The van der Waals surface area contributed by atoms with Crippen LogP contribution in [0.5, 0.6) is 0 Å². The summed E-state index contributed by atoms with van der Waals surface area (Å²) in [7, 11) is 0. The molecule has 3 aromatic carbocycles. The van der Waals surface area contributed by atoms with E-state index in [0.717, 1.165) is 54.7 Å². The van der Waals surface area contributed by atoms with E-state index in [-0.39, 0.29) is 11.8 Å². The molecule has 37 heavy (non-hydrogen) atoms. The van der Waals surface area contributed by atoms with Crippen LogP contribution in [0.15, 0.2) is 77.2 Å². The molecule has 7 heteroatoms. The lowest BCUT2D eigenvalue weighted by molar-refractivity contribution is -0.114. The van der Waals surface area contributed by atoms with Crippen molar-refractivity contribution in [3.05, 3.63) is 89.1 Å². The minimum absolute atomic E-state index is 0.0562. The Morgan fingerprint density at radius 2 is 1.73 bits per heavy atom. The number of nitrogens with zero attached hydrogens (tertiary/aromatic N) is 1. The van der Waals surface area contributed by atoms with Gasteiger partial charge in [-0.2, -0.15) is 0 Å². The molecule has 1 saturated heterocycles. The molecule has 1 aromatic heterocycles. The quantitative estimate of drug-likeness (QED) is 0.302. The number of anilines is 1. The zero-order chi connectivity index (χ0) is 25.8. The number of carbonyl (C=O) groups excluding carboxylic acids is 2. The SMILES string of the molecule is CC(=O)Nc1cccc(C2CCN(CCNC(=O)c3cc4cc(-c5ccc(Cl)cc5)ccc4o3)CC2)c1. The number of fused-ring (bicyclic) bond motifs is 1. The van der Waals surface area contributed by atoms with Gasteiger partial charge in [0.2, 0.25) is 5.91 Å². The van der Waals surface area contributed by atoms with Gasteiger partial charge in [-0.15, -0.1) is 0 Å². The van der Waals surface area contributed by atoms with Gasteiger partial charge in [-0.3, -0.25) is 9.59 Å². The average molecular weight is 516 g/mol. The first kappa shape index (κ1) is 25.1. The fourth-order valence-corrected chi connectivity index (χ4v) is 5.08. The van der Waals surface area contributed by atoms with Crippen LogP contribution in [0.2, 0.25) is 5.02 Å². The molecule has 0 aliphatic carbocycles. The molecule has 2 amide bonds. The molecular weight excluding hydrogens is 486 g/mol. The standard InChI is InChI=1S/C30H30ClN3O3/c1-20(35)33-27-4-2-3-23(18-27)22-11-14-34(15-12-22)16-13-32-30(36)29-19-25-17-24(7-10-28(25)37-29)21-5-8-26(31)9-6-21/h2-10,17-19,22H,11-16H2,1H3,(H,32,36)(H,33,35). The van der Waals surface area contributed by atoms with Crippen LogP contribution < -0.4 is 10.6 Å². The molecule has 2 heterocycles. The maximum absolute atomic E-state index is 12.7. The minimum atomic E-state index is -0.200. The largest absolute Gasteiger partial charge is 0.451 e. The van der Waals surface area contributed by atoms with E-state index in [0.29, 0.717) is 28.8 Å². The summed E-state index contributed by atoms with van der Waals surface area (Å²) in [6, 6.07) is 23.5. The Labute approximate surface area is 221 Å². The molecule has 4 aromatic rings. The maximum atomic E-state index is 12.7. The highest BCUT2D eigenvalue weighted by Crippen LogP contribution is 2.30. The summed E-state index contributed by atoms with van der Waals surface area (Å²) < 4.78 is 5.81. The first-order valence-corrected chi connectivity index (χ1v) is 13.0. The highest BCUT2D eigenvalue weighted by atomic mass is 35.5. The number of piperidine rings is 1. The van der Waals surface area contributed by atoms with Crippen LogP contribution in [0.3, 0.4) is 0 Å². The van der Waals surface area contributed by atoms with Gasteiger partial charge in [0, 0.05) is 36.1 Å². The normalized spacial score (nSPS) is 14.5. The van der Waals surface area contributed by atoms with Crippen molar-refractivity contribution in [2.75, 3.05) is 31.5 Å². The molecule has 5 rings (SSSR count). The molecule has 0 spiro atoms. The van der Waals surface area contributed by atoms with Gasteiger partial charge in [0.15, 0.2) is 5.76 Å². The van der Waals surface area contributed by atoms with Gasteiger partial charge < -0.3 is 20.0 Å². The Balaban J connectivity index is 1.11. The van der Waals surface area contributed by atoms with E-state index in [4.69, 9.17) is 16.0 Å². The van der Waals surface area contributed by atoms with Gasteiger partial charge in [0.1, 0.15) is 5.58 Å². The van der Waals surface area contributed by atoms with Gasteiger partial charge in [0.05, 0.1) is 0 Å². The maximum Gasteiger partial charge on any atom is 0.287 e. The number of hydrogen-bond donors (Lipinski definition) is 2. The third-order valence-corrected chi connectivity index (χ3v) is 7.15. The molecule has 1 aliphatic heterocycles. The summed E-state index contributed by atoms with van der Waals surface area (Å²) in [6.45, 7) is 4.84. The molecule has 0 unspecified atom stereocenters. The lowest BCUT2D eigenvalue weighted by Crippen LogP contribution is -2.39. The number of hydrogen-bond acceptors (Lipinski definition) is 4. The predicted molar refractivity (Wildman–Crippen MR) is 148 cm³/mol. The van der Waals surface area contributed by atoms with Crippen molar-refractivity contribution in [3.8, 4) is 11.1 Å². The number of rotatable bonds is 7. The van der Waals surface area contributed by atoms with Gasteiger partial charge >= 0.3 is 0 Å². The molecule has 0 atom stereocenters. The van der Waals surface area contributed by atoms with Crippen molar-refractivity contribution in [2.45, 2.75) is 25.7 Å². The second-order valence-electron chi connectivity index (χ2n) is 9.55. The average Bonchev–Trinajstić information content (AvgIpc) is 3.33. The lowest BCUT2D eigenvalue weighted by Gasteiger charge is -2.32. The van der Waals surface area contributed by atoms with Crippen LogP contribution in [0, 0.1) is 0 Å². The summed E-state index contributed by atoms with van der Waals surface area (Å²) in [5.41, 5.74) is 4.91. The number of benzene rings is 3. The highest BCUT2D eigenvalue weighted by Gasteiger charge is 2.21. The summed E-state index contributed by atoms with van der Waals surface area (Å²) >= 11 is 6.00. The monoisotopic (exact) mass is 515 g/mol. The molecule has 0 radical (unpaired) electrons. The van der Waals surface area contributed by atoms with E-state index in [9.17, 15) is 9.59 Å². The minimum Gasteiger partial charge on any atom is -0.451 e. The first-order valence-electron chi connectivity index (χ1n) is 12.6. The molecule has 0 saturated carbocycles. The van der Waals surface area contributed by atoms with E-state index < -0.39 is 0 Å². The summed E-state index contributed by atoms with van der Waals surface area (Å²) in [6.07, 6.45) is 2.11. The number of furan rings is 1. The molecule has 2 N–H and O–H groups in total. The molecule has 190 valence electrons. The van der Waals surface area contributed by atoms with E-state index in [2.05, 4.69) is 27.7 Å². The van der Waals surface area contributed by atoms with Crippen molar-refractivity contribution in [1.29, 1.82) is 0 Å². The third-order valence-electron chi connectivity index (χ3n) is 6.90. The molecule has 1 fully saturated rings.